The molecule has 112 valence electrons. The second kappa shape index (κ2) is 6.13. The predicted molar refractivity (Wildman–Crippen MR) is 79.6 cm³/mol. The minimum atomic E-state index is -0.439. The number of rotatable bonds is 4. The van der Waals surface area contributed by atoms with Gasteiger partial charge in [-0.2, -0.15) is 0 Å². The van der Waals surface area contributed by atoms with Gasteiger partial charge < -0.3 is 14.1 Å². The molecule has 2 aromatic rings. The molecule has 0 aliphatic rings. The molecule has 0 aromatic carbocycles. The molecule has 2 rings (SSSR count). The molecule has 0 unspecified atom stereocenters. The van der Waals surface area contributed by atoms with E-state index in [-0.39, 0.29) is 5.91 Å². The molecule has 0 saturated carbocycles. The van der Waals surface area contributed by atoms with E-state index >= 15 is 0 Å². The Morgan fingerprint density at radius 1 is 1.33 bits per heavy atom. The van der Waals surface area contributed by atoms with Gasteiger partial charge in [-0.25, -0.2) is 4.79 Å². The fourth-order valence-electron chi connectivity index (χ4n) is 1.98. The van der Waals surface area contributed by atoms with E-state index in [1.807, 2.05) is 19.1 Å². The number of carbonyl (C=O) groups is 2. The Labute approximate surface area is 127 Å². The highest BCUT2D eigenvalue weighted by molar-refractivity contribution is 7.13. The summed E-state index contributed by atoms with van der Waals surface area (Å²) in [6.07, 6.45) is 0. The average Bonchev–Trinajstić information content (AvgIpc) is 3.03. The lowest BCUT2D eigenvalue weighted by molar-refractivity contribution is 0.0598. The summed E-state index contributed by atoms with van der Waals surface area (Å²) >= 11 is 1.46. The van der Waals surface area contributed by atoms with E-state index in [2.05, 4.69) is 4.74 Å². The summed E-state index contributed by atoms with van der Waals surface area (Å²) < 4.78 is 10.2. The lowest BCUT2D eigenvalue weighted by Crippen LogP contribution is -2.25. The first kappa shape index (κ1) is 15.3. The molecule has 1 amide bonds. The lowest BCUT2D eigenvalue weighted by atomic mass is 10.2. The van der Waals surface area contributed by atoms with E-state index in [0.29, 0.717) is 28.5 Å². The molecule has 0 saturated heterocycles. The largest absolute Gasteiger partial charge is 0.465 e. The summed E-state index contributed by atoms with van der Waals surface area (Å²) in [5, 5.41) is 0. The number of amides is 1. The predicted octanol–water partition coefficient (Wildman–Crippen LogP) is 3.02. The van der Waals surface area contributed by atoms with Crippen LogP contribution in [0.3, 0.4) is 0 Å². The summed E-state index contributed by atoms with van der Waals surface area (Å²) in [7, 11) is 3.02. The molecule has 0 aliphatic carbocycles. The van der Waals surface area contributed by atoms with Gasteiger partial charge in [0.1, 0.15) is 17.1 Å². The van der Waals surface area contributed by atoms with Crippen molar-refractivity contribution < 1.29 is 18.7 Å². The molecule has 0 spiro atoms. The number of nitrogens with zero attached hydrogens (tertiary/aromatic N) is 1. The van der Waals surface area contributed by atoms with Crippen LogP contribution < -0.4 is 0 Å². The van der Waals surface area contributed by atoms with Crippen molar-refractivity contribution in [2.75, 3.05) is 14.2 Å². The Morgan fingerprint density at radius 3 is 2.62 bits per heavy atom. The highest BCUT2D eigenvalue weighted by Gasteiger charge is 2.19. The second-order valence-corrected chi connectivity index (χ2v) is 6.03. The monoisotopic (exact) mass is 307 g/mol. The van der Waals surface area contributed by atoms with Crippen molar-refractivity contribution in [2.24, 2.45) is 0 Å². The Bertz CT molecular complexity index is 671. The number of thiophene rings is 1. The molecule has 0 N–H and O–H groups in total. The minimum absolute atomic E-state index is 0.0678. The Morgan fingerprint density at radius 2 is 2.05 bits per heavy atom. The molecule has 6 heteroatoms. The molecule has 0 bridgehead atoms. The van der Waals surface area contributed by atoms with Crippen molar-refractivity contribution in [3.05, 3.63) is 45.0 Å². The van der Waals surface area contributed by atoms with E-state index in [4.69, 9.17) is 4.42 Å². The molecule has 0 aliphatic heterocycles. The van der Waals surface area contributed by atoms with Crippen LogP contribution in [0.2, 0.25) is 0 Å². The van der Waals surface area contributed by atoms with Crippen molar-refractivity contribution in [2.45, 2.75) is 20.4 Å². The molecular formula is C15H17NO4S. The molecule has 0 radical (unpaired) electrons. The fraction of sp³-hybridized carbons (Fsp3) is 0.333. The van der Waals surface area contributed by atoms with E-state index in [0.717, 1.165) is 4.88 Å². The zero-order valence-corrected chi connectivity index (χ0v) is 13.2. The summed E-state index contributed by atoms with van der Waals surface area (Å²) in [4.78, 5) is 27.1. The normalized spacial score (nSPS) is 10.5. The third-order valence-electron chi connectivity index (χ3n) is 3.06. The molecule has 5 nitrogen and oxygen atoms in total. The van der Waals surface area contributed by atoms with Crippen molar-refractivity contribution >= 4 is 23.2 Å². The number of carbonyl (C=O) groups excluding carboxylic acids is 2. The van der Waals surface area contributed by atoms with Crippen LogP contribution in [-0.4, -0.2) is 30.9 Å². The van der Waals surface area contributed by atoms with Crippen molar-refractivity contribution in [3.8, 4) is 0 Å². The van der Waals surface area contributed by atoms with Gasteiger partial charge in [-0.3, -0.25) is 4.79 Å². The van der Waals surface area contributed by atoms with Gasteiger partial charge >= 0.3 is 5.97 Å². The van der Waals surface area contributed by atoms with Gasteiger partial charge in [-0.15, -0.1) is 11.3 Å². The van der Waals surface area contributed by atoms with Crippen LogP contribution in [0.5, 0.6) is 0 Å². The molecule has 2 aromatic heterocycles. The van der Waals surface area contributed by atoms with Crippen LogP contribution in [-0.2, 0) is 11.3 Å². The number of hydrogen-bond donors (Lipinski definition) is 0. The smallest absolute Gasteiger partial charge is 0.341 e. The third kappa shape index (κ3) is 3.33. The van der Waals surface area contributed by atoms with Gasteiger partial charge in [0.05, 0.1) is 18.5 Å². The number of aryl methyl sites for hydroxylation is 2. The van der Waals surface area contributed by atoms with Gasteiger partial charge in [-0.05, 0) is 32.0 Å². The van der Waals surface area contributed by atoms with Crippen LogP contribution in [0.15, 0.2) is 22.6 Å². The molecule has 0 atom stereocenters. The maximum atomic E-state index is 12.2. The second-order valence-electron chi connectivity index (χ2n) is 4.75. The standard InChI is InChI=1S/C15H17NO4S/c1-9-5-6-13(21-9)14(17)16(3)8-11-7-12(10(2)20-11)15(18)19-4/h5-7H,8H2,1-4H3. The first-order chi connectivity index (χ1) is 9.92. The van der Waals surface area contributed by atoms with Gasteiger partial charge in [0, 0.05) is 11.9 Å². The van der Waals surface area contributed by atoms with Crippen LogP contribution in [0.1, 0.15) is 36.4 Å². The van der Waals surface area contributed by atoms with E-state index < -0.39 is 5.97 Å². The number of ether oxygens (including phenoxy) is 1. The SMILES string of the molecule is COC(=O)c1cc(CN(C)C(=O)c2ccc(C)s2)oc1C. The highest BCUT2D eigenvalue weighted by atomic mass is 32.1. The van der Waals surface area contributed by atoms with E-state index in [1.54, 1.807) is 24.9 Å². The van der Waals surface area contributed by atoms with E-state index in [9.17, 15) is 9.59 Å². The number of methoxy groups -OCH3 is 1. The molecular weight excluding hydrogens is 290 g/mol. The topological polar surface area (TPSA) is 59.8 Å². The van der Waals surface area contributed by atoms with Crippen molar-refractivity contribution in [3.63, 3.8) is 0 Å². The highest BCUT2D eigenvalue weighted by Crippen LogP contribution is 2.20. The summed E-state index contributed by atoms with van der Waals surface area (Å²) in [5.41, 5.74) is 0.389. The summed E-state index contributed by atoms with van der Waals surface area (Å²) in [5.74, 6) is 0.536. The zero-order chi connectivity index (χ0) is 15.6. The average molecular weight is 307 g/mol. The van der Waals surface area contributed by atoms with Crippen molar-refractivity contribution in [1.29, 1.82) is 0 Å². The summed E-state index contributed by atoms with van der Waals surface area (Å²) in [6.45, 7) is 3.95. The maximum Gasteiger partial charge on any atom is 0.341 e. The maximum absolute atomic E-state index is 12.2. The number of furan rings is 1. The first-order valence-corrected chi connectivity index (χ1v) is 7.23. The van der Waals surface area contributed by atoms with E-state index in [1.165, 1.54) is 18.4 Å². The van der Waals surface area contributed by atoms with Crippen molar-refractivity contribution in [1.82, 2.24) is 4.90 Å². The fourth-order valence-corrected chi connectivity index (χ4v) is 2.84. The van der Waals surface area contributed by atoms with Crippen LogP contribution in [0.4, 0.5) is 0 Å². The summed E-state index contributed by atoms with van der Waals surface area (Å²) in [6, 6.07) is 5.34. The Balaban J connectivity index is 2.11. The van der Waals surface area contributed by atoms with Gasteiger partial charge in [-0.1, -0.05) is 0 Å². The van der Waals surface area contributed by atoms with Crippen LogP contribution in [0.25, 0.3) is 0 Å². The zero-order valence-electron chi connectivity index (χ0n) is 12.4. The third-order valence-corrected chi connectivity index (χ3v) is 4.05. The quantitative estimate of drug-likeness (QED) is 0.815. The van der Waals surface area contributed by atoms with Crippen LogP contribution in [0, 0.1) is 13.8 Å². The molecule has 0 fully saturated rings. The number of esters is 1. The molecule has 21 heavy (non-hydrogen) atoms. The molecule has 2 heterocycles. The van der Waals surface area contributed by atoms with Gasteiger partial charge in [0.2, 0.25) is 0 Å². The number of hydrogen-bond acceptors (Lipinski definition) is 5. The van der Waals surface area contributed by atoms with Crippen LogP contribution >= 0.6 is 11.3 Å². The van der Waals surface area contributed by atoms with Gasteiger partial charge in [0.15, 0.2) is 0 Å². The minimum Gasteiger partial charge on any atom is -0.465 e. The first-order valence-electron chi connectivity index (χ1n) is 6.42. The Kier molecular flexibility index (Phi) is 4.47. The Hall–Kier alpha value is -2.08. The van der Waals surface area contributed by atoms with Gasteiger partial charge in [0.25, 0.3) is 5.91 Å². The lowest BCUT2D eigenvalue weighted by Gasteiger charge is -2.14.